The predicted octanol–water partition coefficient (Wildman–Crippen LogP) is 3.28. The zero-order chi connectivity index (χ0) is 11.9. The number of rotatable bonds is 8. The molecule has 0 spiro atoms. The molecule has 2 nitrogen and oxygen atoms in total. The van der Waals surface area contributed by atoms with E-state index in [4.69, 9.17) is 9.47 Å². The van der Waals surface area contributed by atoms with Gasteiger partial charge in [0.2, 0.25) is 0 Å². The molecule has 0 rings (SSSR count). The van der Waals surface area contributed by atoms with Gasteiger partial charge in [0.25, 0.3) is 5.92 Å². The molecule has 0 saturated heterocycles. The molecule has 0 aromatic rings. The molecule has 0 unspecified atom stereocenters. The van der Waals surface area contributed by atoms with Gasteiger partial charge in [-0.25, -0.2) is 8.78 Å². The van der Waals surface area contributed by atoms with Crippen molar-refractivity contribution in [3.63, 3.8) is 0 Å². The van der Waals surface area contributed by atoms with Gasteiger partial charge < -0.3 is 9.47 Å². The molecule has 0 N–H and O–H groups in total. The molecule has 0 amide bonds. The highest BCUT2D eigenvalue weighted by molar-refractivity contribution is 14.1. The minimum absolute atomic E-state index is 0.158. The summed E-state index contributed by atoms with van der Waals surface area (Å²) in [5.74, 6) is -2.79. The first kappa shape index (κ1) is 15.5. The van der Waals surface area contributed by atoms with Crippen molar-refractivity contribution in [2.75, 3.05) is 24.2 Å². The lowest BCUT2D eigenvalue weighted by atomic mass is 9.98. The minimum atomic E-state index is -2.79. The largest absolute Gasteiger partial charge is 0.379 e. The molecular weight excluding hydrogens is 317 g/mol. The summed E-state index contributed by atoms with van der Waals surface area (Å²) in [5, 5.41) is 0. The number of hydrogen-bond donors (Lipinski definition) is 0. The van der Waals surface area contributed by atoms with Crippen LogP contribution in [0.25, 0.3) is 0 Å². The third-order valence-electron chi connectivity index (χ3n) is 2.18. The molecule has 0 aromatic heterocycles. The van der Waals surface area contributed by atoms with E-state index >= 15 is 0 Å². The van der Waals surface area contributed by atoms with Crippen molar-refractivity contribution < 1.29 is 18.3 Å². The Kier molecular flexibility index (Phi) is 7.19. The lowest BCUT2D eigenvalue weighted by Gasteiger charge is -2.33. The molecule has 0 atom stereocenters. The van der Waals surface area contributed by atoms with E-state index in [1.807, 2.05) is 29.5 Å². The molecule has 0 aromatic carbocycles. The van der Waals surface area contributed by atoms with E-state index in [1.54, 1.807) is 0 Å². The van der Waals surface area contributed by atoms with Crippen LogP contribution < -0.4 is 0 Å². The third-order valence-corrected chi connectivity index (χ3v) is 2.72. The van der Waals surface area contributed by atoms with Gasteiger partial charge in [0.05, 0.1) is 13.2 Å². The predicted molar refractivity (Wildman–Crippen MR) is 65.0 cm³/mol. The van der Waals surface area contributed by atoms with Gasteiger partial charge in [-0.2, -0.15) is 0 Å². The van der Waals surface area contributed by atoms with Crippen LogP contribution in [0, 0.1) is 0 Å². The van der Waals surface area contributed by atoms with Gasteiger partial charge in [0.1, 0.15) is 5.60 Å². The minimum Gasteiger partial charge on any atom is -0.379 e. The van der Waals surface area contributed by atoms with Gasteiger partial charge >= 0.3 is 0 Å². The molecule has 15 heavy (non-hydrogen) atoms. The molecule has 0 aliphatic rings. The average Bonchev–Trinajstić information content (AvgIpc) is 2.12. The summed E-state index contributed by atoms with van der Waals surface area (Å²) in [6.45, 7) is 5.85. The second-order valence-electron chi connectivity index (χ2n) is 3.70. The van der Waals surface area contributed by atoms with Gasteiger partial charge in [-0.1, -0.05) is 22.6 Å². The Balaban J connectivity index is 4.03. The van der Waals surface area contributed by atoms with E-state index < -0.39 is 11.5 Å². The van der Waals surface area contributed by atoms with Gasteiger partial charge in [0.15, 0.2) is 0 Å². The van der Waals surface area contributed by atoms with Crippen LogP contribution in [0.5, 0.6) is 0 Å². The van der Waals surface area contributed by atoms with E-state index in [-0.39, 0.29) is 13.0 Å². The van der Waals surface area contributed by atoms with Crippen molar-refractivity contribution in [1.82, 2.24) is 0 Å². The van der Waals surface area contributed by atoms with Gasteiger partial charge in [-0.05, 0) is 20.8 Å². The zero-order valence-corrected chi connectivity index (χ0v) is 11.6. The maximum Gasteiger partial charge on any atom is 0.276 e. The van der Waals surface area contributed by atoms with E-state index in [1.165, 1.54) is 13.8 Å². The molecule has 0 fully saturated rings. The summed E-state index contributed by atoms with van der Waals surface area (Å²) in [6.07, 6.45) is -0.158. The maximum atomic E-state index is 13.5. The second kappa shape index (κ2) is 6.96. The van der Waals surface area contributed by atoms with Crippen molar-refractivity contribution in [2.24, 2.45) is 0 Å². The first-order chi connectivity index (χ1) is 6.87. The van der Waals surface area contributed by atoms with Crippen LogP contribution in [0.2, 0.25) is 0 Å². The van der Waals surface area contributed by atoms with E-state index in [9.17, 15) is 8.78 Å². The van der Waals surface area contributed by atoms with E-state index in [2.05, 4.69) is 0 Å². The summed E-state index contributed by atoms with van der Waals surface area (Å²) in [5.41, 5.74) is -1.42. The Morgan fingerprint density at radius 3 is 2.27 bits per heavy atom. The van der Waals surface area contributed by atoms with Crippen LogP contribution in [-0.4, -0.2) is 35.8 Å². The maximum absolute atomic E-state index is 13.5. The summed E-state index contributed by atoms with van der Waals surface area (Å²) in [6, 6.07) is 0. The van der Waals surface area contributed by atoms with Crippen LogP contribution in [-0.2, 0) is 9.47 Å². The van der Waals surface area contributed by atoms with Crippen molar-refractivity contribution >= 4 is 22.6 Å². The van der Waals surface area contributed by atoms with Crippen LogP contribution in [0.4, 0.5) is 8.78 Å². The van der Waals surface area contributed by atoms with Crippen molar-refractivity contribution in [1.29, 1.82) is 0 Å². The van der Waals surface area contributed by atoms with Crippen LogP contribution in [0.15, 0.2) is 0 Å². The molecule has 5 heteroatoms. The molecular formula is C10H19F2IO2. The first-order valence-electron chi connectivity index (χ1n) is 5.03. The highest BCUT2D eigenvalue weighted by Gasteiger charge is 2.46. The van der Waals surface area contributed by atoms with Crippen molar-refractivity contribution in [3.8, 4) is 0 Å². The highest BCUT2D eigenvalue weighted by atomic mass is 127. The topological polar surface area (TPSA) is 18.5 Å². The lowest BCUT2D eigenvalue weighted by Crippen LogP contribution is -2.46. The number of ether oxygens (including phenoxy) is 2. The Bertz CT molecular complexity index is 175. The Morgan fingerprint density at radius 2 is 1.80 bits per heavy atom. The summed E-state index contributed by atoms with van der Waals surface area (Å²) < 4.78 is 37.7. The number of hydrogen-bond acceptors (Lipinski definition) is 2. The normalized spacial score (nSPS) is 13.2. The summed E-state index contributed by atoms with van der Waals surface area (Å²) in [4.78, 5) is 0. The van der Waals surface area contributed by atoms with Gasteiger partial charge in [0, 0.05) is 17.5 Å². The van der Waals surface area contributed by atoms with Crippen molar-refractivity contribution in [3.05, 3.63) is 0 Å². The number of halogens is 3. The fourth-order valence-corrected chi connectivity index (χ4v) is 1.70. The SMILES string of the molecule is CCOCCOC(C)(C)C(F)(F)CCI. The van der Waals surface area contributed by atoms with Crippen molar-refractivity contribution in [2.45, 2.75) is 38.7 Å². The molecule has 0 bridgehead atoms. The Hall–Kier alpha value is 0.510. The highest BCUT2D eigenvalue weighted by Crippen LogP contribution is 2.35. The average molecular weight is 336 g/mol. The van der Waals surface area contributed by atoms with Gasteiger partial charge in [-0.15, -0.1) is 0 Å². The Labute approximate surface area is 104 Å². The lowest BCUT2D eigenvalue weighted by molar-refractivity contribution is -0.195. The molecule has 0 saturated carbocycles. The number of alkyl halides is 3. The van der Waals surface area contributed by atoms with Crippen LogP contribution in [0.3, 0.4) is 0 Å². The third kappa shape index (κ3) is 5.40. The molecule has 92 valence electrons. The zero-order valence-electron chi connectivity index (χ0n) is 9.49. The smallest absolute Gasteiger partial charge is 0.276 e. The fraction of sp³-hybridized carbons (Fsp3) is 1.00. The molecule has 0 heterocycles. The van der Waals surface area contributed by atoms with E-state index in [0.29, 0.717) is 17.6 Å². The first-order valence-corrected chi connectivity index (χ1v) is 6.55. The van der Waals surface area contributed by atoms with Crippen LogP contribution in [0.1, 0.15) is 27.2 Å². The molecule has 0 aliphatic heterocycles. The monoisotopic (exact) mass is 336 g/mol. The van der Waals surface area contributed by atoms with Crippen LogP contribution >= 0.6 is 22.6 Å². The molecule has 0 aliphatic carbocycles. The summed E-state index contributed by atoms with van der Waals surface area (Å²) in [7, 11) is 0. The van der Waals surface area contributed by atoms with E-state index in [0.717, 1.165) is 0 Å². The second-order valence-corrected chi connectivity index (χ2v) is 4.78. The Morgan fingerprint density at radius 1 is 1.20 bits per heavy atom. The quantitative estimate of drug-likeness (QED) is 0.385. The summed E-state index contributed by atoms with van der Waals surface area (Å²) >= 11 is 1.94. The standard InChI is InChI=1S/C10H19F2IO2/c1-4-14-7-8-15-9(2,3)10(11,12)5-6-13/h4-8H2,1-3H3. The van der Waals surface area contributed by atoms with Gasteiger partial charge in [-0.3, -0.25) is 0 Å². The molecule has 0 radical (unpaired) electrons. The fourth-order valence-electron chi connectivity index (χ4n) is 1.03.